The first-order chi connectivity index (χ1) is 14.3. The summed E-state index contributed by atoms with van der Waals surface area (Å²) in [6, 6.07) is 10.5. The summed E-state index contributed by atoms with van der Waals surface area (Å²) in [6.07, 6.45) is 17.8. The molecule has 0 unspecified atom stereocenters. The molecule has 1 aromatic rings. The average Bonchev–Trinajstić information content (AvgIpc) is 2.72. The van der Waals surface area contributed by atoms with Gasteiger partial charge in [-0.1, -0.05) is 108 Å². The molecule has 2 N–H and O–H groups in total. The van der Waals surface area contributed by atoms with Crippen molar-refractivity contribution in [1.82, 2.24) is 0 Å². The highest BCUT2D eigenvalue weighted by Gasteiger charge is 2.26. The van der Waals surface area contributed by atoms with Crippen LogP contribution in [-0.4, -0.2) is 47.5 Å². The Balaban J connectivity index is 0.00000841. The maximum atomic E-state index is 9.61. The number of rotatable bonds is 20. The average molecular weight is 442 g/mol. The van der Waals surface area contributed by atoms with Gasteiger partial charge in [0.1, 0.15) is 19.6 Å². The molecular weight excluding hydrogens is 394 g/mol. The predicted octanol–water partition coefficient (Wildman–Crippen LogP) is 3.08. The molecule has 0 saturated heterocycles. The van der Waals surface area contributed by atoms with Crippen LogP contribution in [0.5, 0.6) is 0 Å². The van der Waals surface area contributed by atoms with E-state index < -0.39 is 0 Å². The van der Waals surface area contributed by atoms with Gasteiger partial charge in [0.15, 0.2) is 0 Å². The number of benzene rings is 1. The molecule has 3 nitrogen and oxygen atoms in total. The second kappa shape index (κ2) is 20.3. The van der Waals surface area contributed by atoms with Crippen molar-refractivity contribution in [1.29, 1.82) is 0 Å². The Morgan fingerprint density at radius 2 is 1.03 bits per heavy atom. The molecule has 0 aliphatic heterocycles. The van der Waals surface area contributed by atoms with Gasteiger partial charge in [0.25, 0.3) is 0 Å². The number of aliphatic hydroxyl groups excluding tert-OH is 2. The van der Waals surface area contributed by atoms with Crippen LogP contribution in [0.2, 0.25) is 0 Å². The van der Waals surface area contributed by atoms with Gasteiger partial charge in [-0.05, 0) is 12.8 Å². The maximum Gasteiger partial charge on any atom is 0.104 e. The lowest BCUT2D eigenvalue weighted by atomic mass is 10.0. The first kappa shape index (κ1) is 29.4. The van der Waals surface area contributed by atoms with Crippen molar-refractivity contribution in [3.8, 4) is 0 Å². The van der Waals surface area contributed by atoms with Crippen LogP contribution in [0.4, 0.5) is 0 Å². The molecule has 1 aromatic carbocycles. The van der Waals surface area contributed by atoms with Crippen molar-refractivity contribution in [2.45, 2.75) is 96.9 Å². The van der Waals surface area contributed by atoms with Gasteiger partial charge in [-0.3, -0.25) is 0 Å². The minimum Gasteiger partial charge on any atom is -1.00 e. The van der Waals surface area contributed by atoms with Crippen LogP contribution in [0.15, 0.2) is 30.3 Å². The van der Waals surface area contributed by atoms with E-state index in [1.807, 2.05) is 6.07 Å². The molecule has 0 spiro atoms. The number of aliphatic hydroxyl groups is 2. The summed E-state index contributed by atoms with van der Waals surface area (Å²) in [5.74, 6) is 0. The molecule has 0 atom stereocenters. The van der Waals surface area contributed by atoms with Gasteiger partial charge in [0.05, 0.1) is 19.8 Å². The van der Waals surface area contributed by atoms with Crippen molar-refractivity contribution in [2.24, 2.45) is 0 Å². The van der Waals surface area contributed by atoms with Crippen LogP contribution in [0, 0.1) is 0 Å². The van der Waals surface area contributed by atoms with Crippen LogP contribution in [-0.2, 0) is 6.54 Å². The standard InChI is InChI=1S/C26H48NO2.ClH/c1-2-3-4-5-6-7-8-9-10-11-12-13-17-20-27(21-23-28,22-24-29)25-26-18-15-14-16-19-26;/h14-16,18-19,28-29H,2-13,17,20-25H2,1H3;1H/q+1;/p-1. The smallest absolute Gasteiger partial charge is 0.104 e. The zero-order valence-electron chi connectivity index (χ0n) is 19.5. The van der Waals surface area contributed by atoms with Gasteiger partial charge >= 0.3 is 0 Å². The molecule has 0 aromatic heterocycles. The highest BCUT2D eigenvalue weighted by atomic mass is 35.5. The molecule has 4 heteroatoms. The number of hydrogen-bond donors (Lipinski definition) is 2. The fourth-order valence-corrected chi connectivity index (χ4v) is 4.43. The van der Waals surface area contributed by atoms with E-state index in [1.54, 1.807) is 0 Å². The third-order valence-electron chi connectivity index (χ3n) is 6.25. The lowest BCUT2D eigenvalue weighted by Gasteiger charge is -2.38. The number of hydrogen-bond acceptors (Lipinski definition) is 2. The lowest BCUT2D eigenvalue weighted by molar-refractivity contribution is -0.941. The molecular formula is C26H48ClNO2. The van der Waals surface area contributed by atoms with Crippen LogP contribution in [0.1, 0.15) is 96.0 Å². The first-order valence-electron chi connectivity index (χ1n) is 12.4. The van der Waals surface area contributed by atoms with Gasteiger partial charge < -0.3 is 27.1 Å². The van der Waals surface area contributed by atoms with Gasteiger partial charge in [-0.2, -0.15) is 0 Å². The van der Waals surface area contributed by atoms with Crippen LogP contribution in [0.25, 0.3) is 0 Å². The third-order valence-corrected chi connectivity index (χ3v) is 6.25. The monoisotopic (exact) mass is 441 g/mol. The summed E-state index contributed by atoms with van der Waals surface area (Å²) in [6.45, 7) is 6.06. The second-order valence-electron chi connectivity index (χ2n) is 8.85. The summed E-state index contributed by atoms with van der Waals surface area (Å²) >= 11 is 0. The van der Waals surface area contributed by atoms with Gasteiger partial charge in [-0.15, -0.1) is 0 Å². The summed E-state index contributed by atoms with van der Waals surface area (Å²) in [4.78, 5) is 0. The van der Waals surface area contributed by atoms with Crippen molar-refractivity contribution in [2.75, 3.05) is 32.8 Å². The van der Waals surface area contributed by atoms with E-state index in [1.165, 1.54) is 89.0 Å². The molecule has 0 bridgehead atoms. The van der Waals surface area contributed by atoms with E-state index in [0.717, 1.165) is 30.7 Å². The number of nitrogens with zero attached hydrogens (tertiary/aromatic N) is 1. The molecule has 0 aliphatic rings. The number of quaternary nitrogens is 1. The molecule has 0 saturated carbocycles. The normalized spacial score (nSPS) is 11.4. The van der Waals surface area contributed by atoms with Crippen molar-refractivity contribution in [3.05, 3.63) is 35.9 Å². The highest BCUT2D eigenvalue weighted by Crippen LogP contribution is 2.18. The zero-order valence-corrected chi connectivity index (χ0v) is 20.3. The maximum absolute atomic E-state index is 9.61. The lowest BCUT2D eigenvalue weighted by Crippen LogP contribution is -3.00. The Kier molecular flexibility index (Phi) is 19.9. The molecule has 30 heavy (non-hydrogen) atoms. The predicted molar refractivity (Wildman–Crippen MR) is 125 cm³/mol. The Labute approximate surface area is 192 Å². The van der Waals surface area contributed by atoms with E-state index in [0.29, 0.717) is 0 Å². The fraction of sp³-hybridized carbons (Fsp3) is 0.769. The molecule has 1 rings (SSSR count). The van der Waals surface area contributed by atoms with Crippen LogP contribution >= 0.6 is 0 Å². The highest BCUT2D eigenvalue weighted by molar-refractivity contribution is 5.13. The molecule has 0 amide bonds. The largest absolute Gasteiger partial charge is 1.00 e. The Hall–Kier alpha value is -0.610. The van der Waals surface area contributed by atoms with Gasteiger partial charge in [0, 0.05) is 5.56 Å². The molecule has 0 aliphatic carbocycles. The third kappa shape index (κ3) is 14.4. The number of halogens is 1. The Morgan fingerprint density at radius 1 is 0.600 bits per heavy atom. The van der Waals surface area contributed by atoms with Crippen molar-refractivity contribution < 1.29 is 27.1 Å². The van der Waals surface area contributed by atoms with Crippen molar-refractivity contribution in [3.63, 3.8) is 0 Å². The van der Waals surface area contributed by atoms with Crippen molar-refractivity contribution >= 4 is 0 Å². The second-order valence-corrected chi connectivity index (χ2v) is 8.85. The van der Waals surface area contributed by atoms with Crippen LogP contribution < -0.4 is 12.4 Å². The van der Waals surface area contributed by atoms with E-state index in [4.69, 9.17) is 0 Å². The zero-order chi connectivity index (χ0) is 21.0. The van der Waals surface area contributed by atoms with E-state index in [-0.39, 0.29) is 25.6 Å². The molecule has 176 valence electrons. The van der Waals surface area contributed by atoms with Gasteiger partial charge in [0.2, 0.25) is 0 Å². The van der Waals surface area contributed by atoms with Crippen LogP contribution in [0.3, 0.4) is 0 Å². The number of unbranched alkanes of at least 4 members (excludes halogenated alkanes) is 12. The topological polar surface area (TPSA) is 40.5 Å². The van der Waals surface area contributed by atoms with E-state index >= 15 is 0 Å². The summed E-state index contributed by atoms with van der Waals surface area (Å²) in [5, 5.41) is 19.2. The van der Waals surface area contributed by atoms with E-state index in [9.17, 15) is 10.2 Å². The molecule has 0 heterocycles. The fourth-order valence-electron chi connectivity index (χ4n) is 4.43. The summed E-state index contributed by atoms with van der Waals surface area (Å²) < 4.78 is 0.801. The van der Waals surface area contributed by atoms with Gasteiger partial charge in [-0.25, -0.2) is 0 Å². The summed E-state index contributed by atoms with van der Waals surface area (Å²) in [5.41, 5.74) is 1.30. The molecule has 0 fully saturated rings. The SMILES string of the molecule is CCCCCCCCCCCCCCC[N+](CCO)(CCO)Cc1ccccc1.[Cl-]. The quantitative estimate of drug-likeness (QED) is 0.241. The Bertz CT molecular complexity index is 463. The minimum absolute atomic E-state index is 0. The first-order valence-corrected chi connectivity index (χ1v) is 12.4. The minimum atomic E-state index is 0. The molecule has 0 radical (unpaired) electrons. The Morgan fingerprint density at radius 3 is 1.47 bits per heavy atom. The summed E-state index contributed by atoms with van der Waals surface area (Å²) in [7, 11) is 0. The van der Waals surface area contributed by atoms with E-state index in [2.05, 4.69) is 31.2 Å².